The number of rotatable bonds is 5. The number of amides is 1. The van der Waals surface area contributed by atoms with Crippen LogP contribution in [0.15, 0.2) is 18.3 Å². The Balaban J connectivity index is 2.84. The van der Waals surface area contributed by atoms with Crippen LogP contribution in [0.5, 0.6) is 0 Å². The third-order valence-electron chi connectivity index (χ3n) is 3.21. The van der Waals surface area contributed by atoms with E-state index >= 15 is 0 Å². The lowest BCUT2D eigenvalue weighted by atomic mass is 9.81. The standard InChI is InChI=1S/C12H18ClN3O/c1-3-12(4-2,8-14)11(17)16-9-5-6-15-10(13)7-9/h5-7H,3-4,8,14H2,1-2H3,(H,15,16,17). The number of carbonyl (C=O) groups is 1. The van der Waals surface area contributed by atoms with Gasteiger partial charge in [-0.2, -0.15) is 0 Å². The molecule has 94 valence electrons. The molecule has 0 aliphatic heterocycles. The molecule has 17 heavy (non-hydrogen) atoms. The smallest absolute Gasteiger partial charge is 0.231 e. The van der Waals surface area contributed by atoms with Gasteiger partial charge >= 0.3 is 0 Å². The van der Waals surface area contributed by atoms with Gasteiger partial charge in [-0.15, -0.1) is 0 Å². The predicted octanol–water partition coefficient (Wildman–Crippen LogP) is 2.44. The zero-order valence-electron chi connectivity index (χ0n) is 10.2. The highest BCUT2D eigenvalue weighted by atomic mass is 35.5. The average Bonchev–Trinajstić information content (AvgIpc) is 2.32. The van der Waals surface area contributed by atoms with Crippen molar-refractivity contribution in [2.45, 2.75) is 26.7 Å². The number of carbonyl (C=O) groups excluding carboxylic acids is 1. The van der Waals surface area contributed by atoms with E-state index in [-0.39, 0.29) is 5.91 Å². The Bertz CT molecular complexity index is 383. The maximum atomic E-state index is 12.2. The molecule has 0 saturated carbocycles. The minimum absolute atomic E-state index is 0.0627. The topological polar surface area (TPSA) is 68.0 Å². The van der Waals surface area contributed by atoms with Gasteiger partial charge in [-0.1, -0.05) is 25.4 Å². The van der Waals surface area contributed by atoms with Gasteiger partial charge in [0.05, 0.1) is 5.41 Å². The fourth-order valence-corrected chi connectivity index (χ4v) is 1.87. The molecular formula is C12H18ClN3O. The molecule has 0 aromatic carbocycles. The molecule has 0 unspecified atom stereocenters. The van der Waals surface area contributed by atoms with Crippen LogP contribution in [0.2, 0.25) is 5.15 Å². The van der Waals surface area contributed by atoms with Gasteiger partial charge < -0.3 is 11.1 Å². The summed E-state index contributed by atoms with van der Waals surface area (Å²) in [5.74, 6) is -0.0627. The number of hydrogen-bond donors (Lipinski definition) is 2. The normalized spacial score (nSPS) is 11.3. The van der Waals surface area contributed by atoms with Crippen LogP contribution in [0.25, 0.3) is 0 Å². The van der Waals surface area contributed by atoms with Crippen LogP contribution in [0, 0.1) is 5.41 Å². The molecule has 3 N–H and O–H groups in total. The van der Waals surface area contributed by atoms with Gasteiger partial charge in [0.15, 0.2) is 0 Å². The van der Waals surface area contributed by atoms with Gasteiger partial charge in [0.25, 0.3) is 0 Å². The van der Waals surface area contributed by atoms with Crippen LogP contribution in [0.4, 0.5) is 5.69 Å². The summed E-state index contributed by atoms with van der Waals surface area (Å²) in [5, 5.41) is 3.19. The first-order chi connectivity index (χ1) is 8.07. The van der Waals surface area contributed by atoms with Gasteiger partial charge in [-0.3, -0.25) is 4.79 Å². The maximum Gasteiger partial charge on any atom is 0.231 e. The van der Waals surface area contributed by atoms with Crippen LogP contribution in [0.1, 0.15) is 26.7 Å². The second-order valence-electron chi connectivity index (χ2n) is 4.01. The lowest BCUT2D eigenvalue weighted by Crippen LogP contribution is -2.41. The number of aromatic nitrogens is 1. The number of nitrogens with two attached hydrogens (primary N) is 1. The lowest BCUT2D eigenvalue weighted by molar-refractivity contribution is -0.125. The van der Waals surface area contributed by atoms with Crippen LogP contribution in [0.3, 0.4) is 0 Å². The molecule has 0 radical (unpaired) electrons. The van der Waals surface area contributed by atoms with Crippen molar-refractivity contribution < 1.29 is 4.79 Å². The van der Waals surface area contributed by atoms with E-state index in [1.54, 1.807) is 18.3 Å². The van der Waals surface area contributed by atoms with Crippen molar-refractivity contribution in [3.05, 3.63) is 23.5 Å². The molecule has 1 rings (SSSR count). The Morgan fingerprint density at radius 3 is 2.65 bits per heavy atom. The van der Waals surface area contributed by atoms with E-state index in [1.807, 2.05) is 13.8 Å². The first kappa shape index (κ1) is 13.9. The molecule has 0 atom stereocenters. The molecule has 4 nitrogen and oxygen atoms in total. The van der Waals surface area contributed by atoms with E-state index in [2.05, 4.69) is 10.3 Å². The summed E-state index contributed by atoms with van der Waals surface area (Å²) in [6.07, 6.45) is 2.98. The van der Waals surface area contributed by atoms with Gasteiger partial charge in [-0.05, 0) is 25.0 Å². The van der Waals surface area contributed by atoms with Crippen molar-refractivity contribution in [1.29, 1.82) is 0 Å². The summed E-state index contributed by atoms with van der Waals surface area (Å²) in [5.41, 5.74) is 5.86. The summed E-state index contributed by atoms with van der Waals surface area (Å²) in [4.78, 5) is 16.0. The molecule has 0 spiro atoms. The minimum Gasteiger partial charge on any atom is -0.329 e. The van der Waals surface area contributed by atoms with E-state index in [0.29, 0.717) is 30.2 Å². The summed E-state index contributed by atoms with van der Waals surface area (Å²) in [6.45, 7) is 4.27. The van der Waals surface area contributed by atoms with Gasteiger partial charge in [0.2, 0.25) is 5.91 Å². The highest BCUT2D eigenvalue weighted by Gasteiger charge is 2.33. The molecule has 0 saturated heterocycles. The van der Waals surface area contributed by atoms with Gasteiger partial charge in [0, 0.05) is 18.4 Å². The van der Waals surface area contributed by atoms with Crippen molar-refractivity contribution in [2.24, 2.45) is 11.1 Å². The zero-order valence-corrected chi connectivity index (χ0v) is 10.9. The van der Waals surface area contributed by atoms with Crippen molar-refractivity contribution in [1.82, 2.24) is 4.98 Å². The second-order valence-corrected chi connectivity index (χ2v) is 4.40. The molecule has 1 heterocycles. The van der Waals surface area contributed by atoms with Gasteiger partial charge in [0.1, 0.15) is 5.15 Å². The summed E-state index contributed by atoms with van der Waals surface area (Å²) in [7, 11) is 0. The number of pyridine rings is 1. The number of nitrogens with zero attached hydrogens (tertiary/aromatic N) is 1. The lowest BCUT2D eigenvalue weighted by Gasteiger charge is -2.28. The average molecular weight is 256 g/mol. The first-order valence-corrected chi connectivity index (χ1v) is 6.09. The monoisotopic (exact) mass is 255 g/mol. The van der Waals surface area contributed by atoms with Crippen molar-refractivity contribution in [3.8, 4) is 0 Å². The molecule has 1 amide bonds. The Morgan fingerprint density at radius 2 is 2.18 bits per heavy atom. The molecule has 0 aliphatic carbocycles. The summed E-state index contributed by atoms with van der Waals surface area (Å²) >= 11 is 5.76. The van der Waals surface area contributed by atoms with E-state index in [4.69, 9.17) is 17.3 Å². The molecule has 0 aliphatic rings. The Morgan fingerprint density at radius 1 is 1.53 bits per heavy atom. The largest absolute Gasteiger partial charge is 0.329 e. The van der Waals surface area contributed by atoms with Crippen molar-refractivity contribution >= 4 is 23.2 Å². The molecule has 5 heteroatoms. The van der Waals surface area contributed by atoms with E-state index < -0.39 is 5.41 Å². The highest BCUT2D eigenvalue weighted by Crippen LogP contribution is 2.27. The van der Waals surface area contributed by atoms with Crippen LogP contribution >= 0.6 is 11.6 Å². The number of nitrogens with one attached hydrogen (secondary N) is 1. The van der Waals surface area contributed by atoms with E-state index in [1.165, 1.54) is 0 Å². The fraction of sp³-hybridized carbons (Fsp3) is 0.500. The first-order valence-electron chi connectivity index (χ1n) is 5.71. The molecule has 1 aromatic rings. The number of halogens is 1. The second kappa shape index (κ2) is 5.98. The highest BCUT2D eigenvalue weighted by molar-refractivity contribution is 6.29. The van der Waals surface area contributed by atoms with E-state index in [9.17, 15) is 4.79 Å². The van der Waals surface area contributed by atoms with Crippen molar-refractivity contribution in [3.63, 3.8) is 0 Å². The third kappa shape index (κ3) is 3.17. The van der Waals surface area contributed by atoms with E-state index in [0.717, 1.165) is 0 Å². The Labute approximate surface area is 107 Å². The van der Waals surface area contributed by atoms with Crippen molar-refractivity contribution in [2.75, 3.05) is 11.9 Å². The molecular weight excluding hydrogens is 238 g/mol. The molecule has 0 bridgehead atoms. The number of anilines is 1. The van der Waals surface area contributed by atoms with Gasteiger partial charge in [-0.25, -0.2) is 4.98 Å². The Hall–Kier alpha value is -1.13. The minimum atomic E-state index is -0.504. The molecule has 1 aromatic heterocycles. The van der Waals surface area contributed by atoms with Crippen LogP contribution in [-0.4, -0.2) is 17.4 Å². The SMILES string of the molecule is CCC(CC)(CN)C(=O)Nc1ccnc(Cl)c1. The summed E-state index contributed by atoms with van der Waals surface area (Å²) in [6, 6.07) is 3.32. The fourth-order valence-electron chi connectivity index (χ4n) is 1.70. The number of hydrogen-bond acceptors (Lipinski definition) is 3. The zero-order chi connectivity index (χ0) is 12.9. The predicted molar refractivity (Wildman–Crippen MR) is 69.9 cm³/mol. The maximum absolute atomic E-state index is 12.2. The van der Waals surface area contributed by atoms with Crippen LogP contribution in [-0.2, 0) is 4.79 Å². The quantitative estimate of drug-likeness (QED) is 0.794. The third-order valence-corrected chi connectivity index (χ3v) is 3.42. The molecule has 0 fully saturated rings. The van der Waals surface area contributed by atoms with Crippen LogP contribution < -0.4 is 11.1 Å². The Kier molecular flexibility index (Phi) is 4.90. The summed E-state index contributed by atoms with van der Waals surface area (Å²) < 4.78 is 0.